The highest BCUT2D eigenvalue weighted by atomic mass is 16.5. The fourth-order valence-electron chi connectivity index (χ4n) is 2.71. The lowest BCUT2D eigenvalue weighted by molar-refractivity contribution is 0.0657. The lowest BCUT2D eigenvalue weighted by Crippen LogP contribution is -2.30. The molecule has 24 heavy (non-hydrogen) atoms. The molecule has 2 aromatic carbocycles. The van der Waals surface area contributed by atoms with Crippen LogP contribution in [-0.4, -0.2) is 29.9 Å². The fraction of sp³-hybridized carbons (Fsp3) is 0.200. The van der Waals surface area contributed by atoms with Gasteiger partial charge in [-0.2, -0.15) is 0 Å². The first-order chi connectivity index (χ1) is 11.7. The second-order valence-corrected chi connectivity index (χ2v) is 5.50. The number of nitrogens with zero attached hydrogens (tertiary/aromatic N) is 1. The van der Waals surface area contributed by atoms with E-state index in [-0.39, 0.29) is 11.8 Å². The molecule has 1 heterocycles. The van der Waals surface area contributed by atoms with Gasteiger partial charge in [0.25, 0.3) is 11.8 Å². The van der Waals surface area contributed by atoms with Gasteiger partial charge in [-0.3, -0.25) is 14.5 Å². The molecule has 0 spiro atoms. The van der Waals surface area contributed by atoms with Crippen LogP contribution in [0.4, 0.5) is 0 Å². The van der Waals surface area contributed by atoms with Gasteiger partial charge >= 0.3 is 0 Å². The summed E-state index contributed by atoms with van der Waals surface area (Å²) in [5.41, 5.74) is 2.05. The van der Waals surface area contributed by atoms with Crippen LogP contribution in [0.1, 0.15) is 39.6 Å². The van der Waals surface area contributed by atoms with E-state index in [1.165, 1.54) is 4.90 Å². The van der Waals surface area contributed by atoms with Gasteiger partial charge in [-0.25, -0.2) is 0 Å². The summed E-state index contributed by atoms with van der Waals surface area (Å²) in [6.45, 7) is 2.99. The van der Waals surface area contributed by atoms with Crippen molar-refractivity contribution in [2.75, 3.05) is 13.2 Å². The van der Waals surface area contributed by atoms with Crippen LogP contribution >= 0.6 is 0 Å². The Kier molecular flexibility index (Phi) is 4.75. The fourth-order valence-corrected chi connectivity index (χ4v) is 2.71. The number of fused-ring (bicyclic) bond motifs is 1. The van der Waals surface area contributed by atoms with Crippen LogP contribution in [0.15, 0.2) is 54.6 Å². The summed E-state index contributed by atoms with van der Waals surface area (Å²) in [5, 5.41) is 0. The first-order valence-corrected chi connectivity index (χ1v) is 8.05. The van der Waals surface area contributed by atoms with Crippen LogP contribution in [0.5, 0.6) is 5.75 Å². The van der Waals surface area contributed by atoms with E-state index in [9.17, 15) is 9.59 Å². The maximum absolute atomic E-state index is 12.2. The Morgan fingerprint density at radius 3 is 2.17 bits per heavy atom. The number of benzene rings is 2. The Labute approximate surface area is 141 Å². The molecule has 122 valence electrons. The van der Waals surface area contributed by atoms with E-state index in [0.717, 1.165) is 11.3 Å². The second-order valence-electron chi connectivity index (χ2n) is 5.50. The summed E-state index contributed by atoms with van der Waals surface area (Å²) in [6.07, 6.45) is 4.58. The number of hydrogen-bond acceptors (Lipinski definition) is 3. The molecule has 2 amide bonds. The zero-order chi connectivity index (χ0) is 16.9. The minimum absolute atomic E-state index is 0.204. The van der Waals surface area contributed by atoms with Crippen LogP contribution < -0.4 is 4.74 Å². The van der Waals surface area contributed by atoms with Crippen LogP contribution in [0, 0.1) is 0 Å². The Morgan fingerprint density at radius 1 is 0.958 bits per heavy atom. The third-order valence-corrected chi connectivity index (χ3v) is 3.90. The molecule has 0 bridgehead atoms. The quantitative estimate of drug-likeness (QED) is 0.761. The van der Waals surface area contributed by atoms with Gasteiger partial charge in [0.2, 0.25) is 0 Å². The maximum Gasteiger partial charge on any atom is 0.261 e. The summed E-state index contributed by atoms with van der Waals surface area (Å²) in [5.74, 6) is 0.441. The predicted molar refractivity (Wildman–Crippen MR) is 93.1 cm³/mol. The summed E-state index contributed by atoms with van der Waals surface area (Å²) in [7, 11) is 0. The molecular weight excluding hydrogens is 302 g/mol. The maximum atomic E-state index is 12.2. The van der Waals surface area contributed by atoms with E-state index >= 15 is 0 Å². The third kappa shape index (κ3) is 3.23. The Hall–Kier alpha value is -2.88. The van der Waals surface area contributed by atoms with Crippen molar-refractivity contribution in [3.63, 3.8) is 0 Å². The van der Waals surface area contributed by atoms with Gasteiger partial charge in [0, 0.05) is 6.54 Å². The Morgan fingerprint density at radius 2 is 1.58 bits per heavy atom. The average Bonchev–Trinajstić information content (AvgIpc) is 2.85. The van der Waals surface area contributed by atoms with Gasteiger partial charge in [-0.05, 0) is 43.2 Å². The molecule has 1 aliphatic rings. The molecule has 0 saturated heterocycles. The van der Waals surface area contributed by atoms with E-state index in [0.29, 0.717) is 30.7 Å². The highest BCUT2D eigenvalue weighted by Crippen LogP contribution is 2.22. The molecule has 0 aromatic heterocycles. The Balaban J connectivity index is 1.57. The van der Waals surface area contributed by atoms with Crippen molar-refractivity contribution < 1.29 is 14.3 Å². The summed E-state index contributed by atoms with van der Waals surface area (Å²) in [6, 6.07) is 14.8. The van der Waals surface area contributed by atoms with E-state index < -0.39 is 0 Å². The average molecular weight is 321 g/mol. The van der Waals surface area contributed by atoms with E-state index in [1.54, 1.807) is 24.3 Å². The van der Waals surface area contributed by atoms with Gasteiger partial charge in [0.15, 0.2) is 0 Å². The van der Waals surface area contributed by atoms with Crippen molar-refractivity contribution in [3.8, 4) is 5.75 Å². The predicted octanol–water partition coefficient (Wildman–Crippen LogP) is 3.78. The Bertz CT molecular complexity index is 743. The van der Waals surface area contributed by atoms with E-state index in [2.05, 4.69) is 0 Å². The summed E-state index contributed by atoms with van der Waals surface area (Å²) < 4.78 is 5.40. The van der Waals surface area contributed by atoms with Crippen LogP contribution in [0.3, 0.4) is 0 Å². The molecule has 0 radical (unpaired) electrons. The normalized spacial score (nSPS) is 13.6. The molecule has 0 unspecified atom stereocenters. The lowest BCUT2D eigenvalue weighted by atomic mass is 10.1. The van der Waals surface area contributed by atoms with Gasteiger partial charge in [-0.1, -0.05) is 36.4 Å². The minimum atomic E-state index is -0.204. The molecule has 3 rings (SSSR count). The monoisotopic (exact) mass is 321 g/mol. The van der Waals surface area contributed by atoms with Crippen LogP contribution in [-0.2, 0) is 0 Å². The van der Waals surface area contributed by atoms with Gasteiger partial charge in [-0.15, -0.1) is 0 Å². The number of amides is 2. The number of ether oxygens (including phenoxy) is 1. The number of imide groups is 1. The summed E-state index contributed by atoms with van der Waals surface area (Å²) >= 11 is 0. The molecule has 0 N–H and O–H groups in total. The lowest BCUT2D eigenvalue weighted by Gasteiger charge is -2.11. The molecule has 4 nitrogen and oxygen atoms in total. The van der Waals surface area contributed by atoms with Crippen molar-refractivity contribution in [2.45, 2.75) is 13.3 Å². The highest BCUT2D eigenvalue weighted by molar-refractivity contribution is 6.21. The zero-order valence-corrected chi connectivity index (χ0v) is 13.6. The molecule has 1 aliphatic heterocycles. The molecule has 0 fully saturated rings. The number of hydrogen-bond donors (Lipinski definition) is 0. The topological polar surface area (TPSA) is 46.6 Å². The molecule has 0 aliphatic carbocycles. The van der Waals surface area contributed by atoms with Crippen molar-refractivity contribution in [2.24, 2.45) is 0 Å². The van der Waals surface area contributed by atoms with Crippen LogP contribution in [0.2, 0.25) is 0 Å². The smallest absolute Gasteiger partial charge is 0.261 e. The number of carbonyl (C=O) groups is 2. The highest BCUT2D eigenvalue weighted by Gasteiger charge is 2.34. The van der Waals surface area contributed by atoms with Crippen molar-refractivity contribution in [1.29, 1.82) is 0 Å². The minimum Gasteiger partial charge on any atom is -0.494 e. The zero-order valence-electron chi connectivity index (χ0n) is 13.6. The van der Waals surface area contributed by atoms with Crippen molar-refractivity contribution in [3.05, 3.63) is 71.3 Å². The van der Waals surface area contributed by atoms with Crippen LogP contribution in [0.25, 0.3) is 6.08 Å². The summed E-state index contributed by atoms with van der Waals surface area (Å²) in [4.78, 5) is 25.8. The molecule has 2 aromatic rings. The molecule has 0 atom stereocenters. The number of carbonyl (C=O) groups excluding carboxylic acids is 2. The molecule has 0 saturated carbocycles. The van der Waals surface area contributed by atoms with Gasteiger partial charge in [0.05, 0.1) is 17.7 Å². The van der Waals surface area contributed by atoms with Gasteiger partial charge in [0.1, 0.15) is 5.75 Å². The van der Waals surface area contributed by atoms with Crippen molar-refractivity contribution in [1.82, 2.24) is 4.90 Å². The molecule has 4 heteroatoms. The van der Waals surface area contributed by atoms with E-state index in [4.69, 9.17) is 4.74 Å². The standard InChI is InChI=1S/C20H19NO3/c1-2-24-16-12-10-15(11-13-16)7-5-6-14-21-19(22)17-8-3-4-9-18(17)20(21)23/h3-5,7-13H,2,6,14H2,1H3/b7-5+. The van der Waals surface area contributed by atoms with Gasteiger partial charge < -0.3 is 4.74 Å². The number of rotatable bonds is 6. The molecular formula is C20H19NO3. The largest absolute Gasteiger partial charge is 0.494 e. The first kappa shape index (κ1) is 16.0. The third-order valence-electron chi connectivity index (χ3n) is 3.90. The van der Waals surface area contributed by atoms with Crippen molar-refractivity contribution >= 4 is 17.9 Å². The second kappa shape index (κ2) is 7.13. The van der Waals surface area contributed by atoms with E-state index in [1.807, 2.05) is 43.3 Å². The SMILES string of the molecule is CCOc1ccc(/C=C/CCN2C(=O)c3ccccc3C2=O)cc1. The first-order valence-electron chi connectivity index (χ1n) is 8.05.